The largest absolute Gasteiger partial charge is 0.338 e. The van der Waals surface area contributed by atoms with Crippen LogP contribution in [0, 0.1) is 0 Å². The van der Waals surface area contributed by atoms with Crippen molar-refractivity contribution >= 4 is 32.9 Å². The topological polar surface area (TPSA) is 17.8 Å². The van der Waals surface area contributed by atoms with E-state index in [0.717, 1.165) is 11.8 Å². The van der Waals surface area contributed by atoms with Crippen LogP contribution >= 0.6 is 32.9 Å². The Morgan fingerprint density at radius 2 is 2.40 bits per heavy atom. The van der Waals surface area contributed by atoms with E-state index in [2.05, 4.69) is 20.9 Å². The molecule has 0 aliphatic carbocycles. The maximum Gasteiger partial charge on any atom is 0.0945 e. The zero-order valence-corrected chi connectivity index (χ0v) is 9.05. The van der Waals surface area contributed by atoms with E-state index in [1.165, 1.54) is 5.69 Å². The van der Waals surface area contributed by atoms with Gasteiger partial charge in [0.2, 0.25) is 0 Å². The first-order valence-corrected chi connectivity index (χ1v) is 3.98. The van der Waals surface area contributed by atoms with Gasteiger partial charge in [0, 0.05) is 24.3 Å². The second kappa shape index (κ2) is 4.91. The summed E-state index contributed by atoms with van der Waals surface area (Å²) >= 11 is 3.36. The molecule has 0 atom stereocenters. The molecule has 0 N–H and O–H groups in total. The zero-order chi connectivity index (χ0) is 6.69. The van der Waals surface area contributed by atoms with Gasteiger partial charge in [-0.3, -0.25) is 0 Å². The van der Waals surface area contributed by atoms with E-state index in [9.17, 15) is 0 Å². The third-order valence-electron chi connectivity index (χ3n) is 1.27. The van der Waals surface area contributed by atoms with Crippen molar-refractivity contribution in [3.63, 3.8) is 0 Å². The Bertz CT molecular complexity index is 186. The maximum atomic E-state index is 3.98. The molecule has 0 saturated carbocycles. The molecule has 1 aromatic heterocycles. The summed E-state index contributed by atoms with van der Waals surface area (Å²) in [5.74, 6) is 0. The molecule has 0 aliphatic rings. The Labute approximate surface area is 79.5 Å². The van der Waals surface area contributed by atoms with Crippen molar-refractivity contribution in [3.05, 3.63) is 18.2 Å². The molecule has 0 aromatic carbocycles. The van der Waals surface area contributed by atoms with E-state index in [0.29, 0.717) is 0 Å². The molecular formula is C6H10Br2N2. The SMILES string of the molecule is Br.Cn1cncc1CCBr. The lowest BCUT2D eigenvalue weighted by atomic mass is 10.4. The van der Waals surface area contributed by atoms with Crippen LogP contribution in [0.4, 0.5) is 0 Å². The number of hydrogen-bond acceptors (Lipinski definition) is 1. The smallest absolute Gasteiger partial charge is 0.0945 e. The molecule has 0 unspecified atom stereocenters. The van der Waals surface area contributed by atoms with Gasteiger partial charge in [-0.1, -0.05) is 15.9 Å². The van der Waals surface area contributed by atoms with E-state index in [-0.39, 0.29) is 17.0 Å². The van der Waals surface area contributed by atoms with Gasteiger partial charge in [-0.15, -0.1) is 17.0 Å². The minimum Gasteiger partial charge on any atom is -0.338 e. The van der Waals surface area contributed by atoms with Gasteiger partial charge in [0.25, 0.3) is 0 Å². The van der Waals surface area contributed by atoms with E-state index >= 15 is 0 Å². The Morgan fingerprint density at radius 1 is 1.70 bits per heavy atom. The highest BCUT2D eigenvalue weighted by atomic mass is 79.9. The van der Waals surface area contributed by atoms with Gasteiger partial charge in [-0.05, 0) is 6.42 Å². The average molecular weight is 270 g/mol. The third kappa shape index (κ3) is 2.42. The number of aromatic nitrogens is 2. The van der Waals surface area contributed by atoms with Crippen LogP contribution in [0.15, 0.2) is 12.5 Å². The number of hydrogen-bond donors (Lipinski definition) is 0. The molecule has 0 radical (unpaired) electrons. The lowest BCUT2D eigenvalue weighted by Gasteiger charge is -1.95. The van der Waals surface area contributed by atoms with Crippen molar-refractivity contribution in [1.82, 2.24) is 9.55 Å². The molecule has 1 aromatic rings. The van der Waals surface area contributed by atoms with Gasteiger partial charge < -0.3 is 4.57 Å². The van der Waals surface area contributed by atoms with E-state index in [1.54, 1.807) is 0 Å². The van der Waals surface area contributed by atoms with Crippen LogP contribution in [0.1, 0.15) is 5.69 Å². The second-order valence-electron chi connectivity index (χ2n) is 1.93. The fraction of sp³-hybridized carbons (Fsp3) is 0.500. The van der Waals surface area contributed by atoms with Crippen molar-refractivity contribution < 1.29 is 0 Å². The zero-order valence-electron chi connectivity index (χ0n) is 5.75. The summed E-state index contributed by atoms with van der Waals surface area (Å²) in [5.41, 5.74) is 1.27. The number of alkyl halides is 1. The Morgan fingerprint density at radius 3 is 2.80 bits per heavy atom. The number of imidazole rings is 1. The van der Waals surface area contributed by atoms with Crippen molar-refractivity contribution in [3.8, 4) is 0 Å². The van der Waals surface area contributed by atoms with Crippen LogP contribution in [0.5, 0.6) is 0 Å². The first kappa shape index (κ1) is 10.2. The molecule has 1 heterocycles. The van der Waals surface area contributed by atoms with Crippen molar-refractivity contribution in [2.45, 2.75) is 6.42 Å². The monoisotopic (exact) mass is 268 g/mol. The molecule has 0 bridgehead atoms. The van der Waals surface area contributed by atoms with Crippen LogP contribution in [-0.4, -0.2) is 14.9 Å². The van der Waals surface area contributed by atoms with E-state index < -0.39 is 0 Å². The van der Waals surface area contributed by atoms with Crippen molar-refractivity contribution in [2.24, 2.45) is 7.05 Å². The summed E-state index contributed by atoms with van der Waals surface area (Å²) in [6, 6.07) is 0. The van der Waals surface area contributed by atoms with Crippen LogP contribution < -0.4 is 0 Å². The summed E-state index contributed by atoms with van der Waals surface area (Å²) in [5, 5.41) is 1.01. The number of aryl methyl sites for hydroxylation is 2. The van der Waals surface area contributed by atoms with Crippen LogP contribution in [0.3, 0.4) is 0 Å². The Hall–Kier alpha value is 0.170. The van der Waals surface area contributed by atoms with Gasteiger partial charge in [0.05, 0.1) is 6.33 Å². The number of halogens is 2. The average Bonchev–Trinajstić information content (AvgIpc) is 2.18. The highest BCUT2D eigenvalue weighted by Crippen LogP contribution is 1.98. The highest BCUT2D eigenvalue weighted by molar-refractivity contribution is 9.09. The quantitative estimate of drug-likeness (QED) is 0.751. The van der Waals surface area contributed by atoms with Crippen LogP contribution in [0.2, 0.25) is 0 Å². The lowest BCUT2D eigenvalue weighted by Crippen LogP contribution is -1.94. The summed E-state index contributed by atoms with van der Waals surface area (Å²) in [6.45, 7) is 0. The maximum absolute atomic E-state index is 3.98. The standard InChI is InChI=1S/C6H9BrN2.BrH/c1-9-5-8-4-6(9)2-3-7;/h4-5H,2-3H2,1H3;1H. The molecular weight excluding hydrogens is 260 g/mol. The molecule has 0 aliphatic heterocycles. The van der Waals surface area contributed by atoms with Gasteiger partial charge in [-0.25, -0.2) is 4.98 Å². The predicted octanol–water partition coefficient (Wildman–Crippen LogP) is 1.94. The number of nitrogens with zero attached hydrogens (tertiary/aromatic N) is 2. The molecule has 10 heavy (non-hydrogen) atoms. The third-order valence-corrected chi connectivity index (χ3v) is 1.66. The lowest BCUT2D eigenvalue weighted by molar-refractivity contribution is 0.838. The normalized spacial score (nSPS) is 9.00. The van der Waals surface area contributed by atoms with Crippen LogP contribution in [0.25, 0.3) is 0 Å². The van der Waals surface area contributed by atoms with Gasteiger partial charge in [0.1, 0.15) is 0 Å². The molecule has 1 rings (SSSR count). The predicted molar refractivity (Wildman–Crippen MR) is 51.0 cm³/mol. The second-order valence-corrected chi connectivity index (χ2v) is 2.73. The number of rotatable bonds is 2. The first-order valence-electron chi connectivity index (χ1n) is 2.85. The Kier molecular flexibility index (Phi) is 4.99. The summed E-state index contributed by atoms with van der Waals surface area (Å²) in [4.78, 5) is 3.98. The van der Waals surface area contributed by atoms with Crippen LogP contribution in [-0.2, 0) is 13.5 Å². The van der Waals surface area contributed by atoms with Gasteiger partial charge in [-0.2, -0.15) is 0 Å². The summed E-state index contributed by atoms with van der Waals surface area (Å²) < 4.78 is 2.03. The fourth-order valence-electron chi connectivity index (χ4n) is 0.722. The highest BCUT2D eigenvalue weighted by Gasteiger charge is 1.93. The minimum absolute atomic E-state index is 0. The molecule has 2 nitrogen and oxygen atoms in total. The Balaban J connectivity index is 0.000000810. The van der Waals surface area contributed by atoms with E-state index in [1.807, 2.05) is 24.1 Å². The van der Waals surface area contributed by atoms with E-state index in [4.69, 9.17) is 0 Å². The fourth-order valence-corrected chi connectivity index (χ4v) is 1.13. The molecule has 58 valence electrons. The summed E-state index contributed by atoms with van der Waals surface area (Å²) in [6.07, 6.45) is 4.76. The van der Waals surface area contributed by atoms with Gasteiger partial charge in [0.15, 0.2) is 0 Å². The van der Waals surface area contributed by atoms with Crippen molar-refractivity contribution in [1.29, 1.82) is 0 Å². The molecule has 4 heteroatoms. The van der Waals surface area contributed by atoms with Crippen molar-refractivity contribution in [2.75, 3.05) is 5.33 Å². The molecule has 0 fully saturated rings. The van der Waals surface area contributed by atoms with Gasteiger partial charge >= 0.3 is 0 Å². The molecule has 0 spiro atoms. The minimum atomic E-state index is 0. The summed E-state index contributed by atoms with van der Waals surface area (Å²) in [7, 11) is 2.00. The molecule has 0 amide bonds. The first-order chi connectivity index (χ1) is 4.34. The molecule has 0 saturated heterocycles.